The first-order valence-electron chi connectivity index (χ1n) is 2.80. The molecule has 11 heavy (non-hydrogen) atoms. The number of halogens is 1. The van der Waals surface area contributed by atoms with E-state index in [2.05, 4.69) is 9.03 Å². The Morgan fingerprint density at radius 2 is 1.73 bits per heavy atom. The topological polar surface area (TPSA) is 108 Å². The Hall–Kier alpha value is 0.0500. The number of aliphatic hydroxyl groups excluding tert-OH is 1. The van der Waals surface area contributed by atoms with Gasteiger partial charge < -0.3 is 9.84 Å². The average Bonchev–Trinajstić information content (AvgIpc) is 1.85. The first-order valence-corrected chi connectivity index (χ1v) is 4.03. The molecule has 0 unspecified atom stereocenters. The molecule has 0 aliphatic rings. The van der Waals surface area contributed by atoms with Crippen molar-refractivity contribution in [3.8, 4) is 0 Å². The van der Waals surface area contributed by atoms with Crippen LogP contribution in [0.1, 0.15) is 0 Å². The van der Waals surface area contributed by atoms with Gasteiger partial charge in [0.05, 0.1) is 34.4 Å². The highest BCUT2D eigenvalue weighted by Gasteiger charge is 2.15. The number of hydrogen-bond acceptors (Lipinski definition) is 6. The van der Waals surface area contributed by atoms with Crippen molar-refractivity contribution in [2.45, 2.75) is 0 Å². The Kier molecular flexibility index (Phi) is 5.69. The van der Waals surface area contributed by atoms with E-state index in [1.165, 1.54) is 0 Å². The molecule has 0 radical (unpaired) electrons. The third-order valence-corrected chi connectivity index (χ3v) is 1.10. The van der Waals surface area contributed by atoms with Gasteiger partial charge in [-0.05, 0) is 0 Å². The fourth-order valence-electron chi connectivity index (χ4n) is 0.352. The lowest BCUT2D eigenvalue weighted by atomic mass is 10.7. The Labute approximate surface area is 65.7 Å². The van der Waals surface area contributed by atoms with E-state index in [-0.39, 0.29) is 26.4 Å². The molecule has 0 aromatic carbocycles. The van der Waals surface area contributed by atoms with Gasteiger partial charge in [-0.1, -0.05) is 0 Å². The van der Waals surface area contributed by atoms with Crippen LogP contribution >= 0.6 is 0 Å². The first-order chi connectivity index (χ1) is 5.06. The lowest BCUT2D eigenvalue weighted by Gasteiger charge is -2.11. The third kappa shape index (κ3) is 10.1. The molecular formula is C4H9ClO6. The Morgan fingerprint density at radius 3 is 2.18 bits per heavy atom. The standard InChI is InChI=1S/C4H9ClO6/c6-1-2-10-3-4-11-5(7,8)9/h6H,1-4H2. The summed E-state index contributed by atoms with van der Waals surface area (Å²) in [5, 5.41) is 8.18. The normalized spacial score (nSPS) is 12.0. The van der Waals surface area contributed by atoms with Gasteiger partial charge in [0.15, 0.2) is 0 Å². The lowest BCUT2D eigenvalue weighted by molar-refractivity contribution is -1.92. The van der Waals surface area contributed by atoms with Gasteiger partial charge in [-0.3, -0.25) is 0 Å². The van der Waals surface area contributed by atoms with E-state index >= 15 is 0 Å². The molecule has 0 aromatic heterocycles. The molecule has 0 rings (SSSR count). The molecule has 0 aliphatic carbocycles. The molecule has 0 fully saturated rings. The number of hydrogen-bond donors (Lipinski definition) is 1. The van der Waals surface area contributed by atoms with Gasteiger partial charge in [-0.15, -0.1) is 0 Å². The molecule has 0 saturated carbocycles. The minimum atomic E-state index is -4.35. The summed E-state index contributed by atoms with van der Waals surface area (Å²) in [4.78, 5) is 0. The van der Waals surface area contributed by atoms with Crippen molar-refractivity contribution in [2.75, 3.05) is 26.4 Å². The van der Waals surface area contributed by atoms with E-state index in [1.54, 1.807) is 0 Å². The van der Waals surface area contributed by atoms with Crippen molar-refractivity contribution >= 4 is 0 Å². The van der Waals surface area contributed by atoms with E-state index in [9.17, 15) is 14.0 Å². The summed E-state index contributed by atoms with van der Waals surface area (Å²) in [6, 6.07) is 0. The Balaban J connectivity index is 3.02. The monoisotopic (exact) mass is 188 g/mol. The second-order valence-electron chi connectivity index (χ2n) is 1.53. The lowest BCUT2D eigenvalue weighted by Crippen LogP contribution is -2.61. The fraction of sp³-hybridized carbons (Fsp3) is 1.00. The molecule has 0 aliphatic heterocycles. The molecule has 6 nitrogen and oxygen atoms in total. The van der Waals surface area contributed by atoms with Crippen LogP contribution in [0.4, 0.5) is 0 Å². The molecular weight excluding hydrogens is 179 g/mol. The van der Waals surface area contributed by atoms with Crippen molar-refractivity contribution in [1.82, 2.24) is 0 Å². The van der Waals surface area contributed by atoms with Gasteiger partial charge in [0.2, 0.25) is 6.61 Å². The predicted octanol–water partition coefficient (Wildman–Crippen LogP) is -4.09. The van der Waals surface area contributed by atoms with Crippen LogP contribution in [0, 0.1) is 10.2 Å². The van der Waals surface area contributed by atoms with Crippen molar-refractivity contribution < 1.29 is 38.4 Å². The molecule has 0 spiro atoms. The van der Waals surface area contributed by atoms with Gasteiger partial charge in [-0.2, -0.15) is 14.0 Å². The van der Waals surface area contributed by atoms with Gasteiger partial charge in [0, 0.05) is 0 Å². The molecule has 0 amide bonds. The minimum Gasteiger partial charge on any atom is -0.394 e. The summed E-state index contributed by atoms with van der Waals surface area (Å²) in [6.45, 7) is -0.413. The molecule has 68 valence electrons. The van der Waals surface area contributed by atoms with Gasteiger partial charge in [-0.25, -0.2) is 0 Å². The smallest absolute Gasteiger partial charge is 0.226 e. The van der Waals surface area contributed by atoms with Crippen LogP contribution in [0.2, 0.25) is 0 Å². The minimum absolute atomic E-state index is 0.0327. The summed E-state index contributed by atoms with van der Waals surface area (Å²) in [7, 11) is -4.35. The van der Waals surface area contributed by atoms with E-state index in [0.717, 1.165) is 0 Å². The summed E-state index contributed by atoms with van der Waals surface area (Å²) < 4.78 is 37.6. The van der Waals surface area contributed by atoms with E-state index < -0.39 is 10.2 Å². The molecule has 0 aromatic rings. The van der Waals surface area contributed by atoms with Crippen LogP contribution in [0.15, 0.2) is 0 Å². The second-order valence-corrected chi connectivity index (χ2v) is 2.50. The molecule has 0 heterocycles. The fourth-order valence-corrected chi connectivity index (χ4v) is 0.604. The van der Waals surface area contributed by atoms with Crippen molar-refractivity contribution in [3.05, 3.63) is 0 Å². The summed E-state index contributed by atoms with van der Waals surface area (Å²) in [5.74, 6) is 0. The first kappa shape index (κ1) is 11.1. The summed E-state index contributed by atoms with van der Waals surface area (Å²) in [5.41, 5.74) is 0. The van der Waals surface area contributed by atoms with E-state index in [1.807, 2.05) is 0 Å². The highest BCUT2D eigenvalue weighted by atomic mass is 35.7. The van der Waals surface area contributed by atoms with Crippen LogP contribution in [0.3, 0.4) is 0 Å². The second kappa shape index (κ2) is 5.67. The molecule has 1 N–H and O–H groups in total. The molecule has 0 bridgehead atoms. The number of rotatable bonds is 6. The number of ether oxygens (including phenoxy) is 1. The maximum Gasteiger partial charge on any atom is 0.226 e. The van der Waals surface area contributed by atoms with Crippen LogP contribution < -0.4 is 14.0 Å². The van der Waals surface area contributed by atoms with Crippen LogP contribution in [0.5, 0.6) is 0 Å². The quantitative estimate of drug-likeness (QED) is 0.425. The van der Waals surface area contributed by atoms with Crippen LogP contribution in [-0.4, -0.2) is 31.5 Å². The predicted molar refractivity (Wildman–Crippen MR) is 23.9 cm³/mol. The van der Waals surface area contributed by atoms with E-state index in [4.69, 9.17) is 5.11 Å². The van der Waals surface area contributed by atoms with E-state index in [0.29, 0.717) is 0 Å². The average molecular weight is 189 g/mol. The van der Waals surface area contributed by atoms with Crippen LogP contribution in [0.25, 0.3) is 0 Å². The zero-order chi connectivity index (χ0) is 8.74. The summed E-state index contributed by atoms with van der Waals surface area (Å²) >= 11 is 0. The van der Waals surface area contributed by atoms with Gasteiger partial charge in [0.1, 0.15) is 0 Å². The Morgan fingerprint density at radius 1 is 1.09 bits per heavy atom. The highest BCUT2D eigenvalue weighted by molar-refractivity contribution is 4.25. The maximum atomic E-state index is 9.75. The third-order valence-electron chi connectivity index (χ3n) is 0.674. The van der Waals surface area contributed by atoms with Crippen molar-refractivity contribution in [1.29, 1.82) is 0 Å². The van der Waals surface area contributed by atoms with Crippen molar-refractivity contribution in [2.24, 2.45) is 0 Å². The zero-order valence-corrected chi connectivity index (χ0v) is 6.45. The van der Waals surface area contributed by atoms with Crippen LogP contribution in [-0.2, 0) is 9.03 Å². The molecule has 0 saturated heterocycles. The SMILES string of the molecule is [O-][Cl+3]([O-])([O-])OCCOCCO. The molecule has 0 atom stereocenters. The Bertz CT molecular complexity index is 91.1. The highest BCUT2D eigenvalue weighted by Crippen LogP contribution is 1.87. The largest absolute Gasteiger partial charge is 0.394 e. The van der Waals surface area contributed by atoms with Crippen molar-refractivity contribution in [3.63, 3.8) is 0 Å². The van der Waals surface area contributed by atoms with Gasteiger partial charge in [0.25, 0.3) is 0 Å². The molecule has 7 heteroatoms. The number of aliphatic hydroxyl groups is 1. The zero-order valence-electron chi connectivity index (χ0n) is 5.69. The summed E-state index contributed by atoms with van der Waals surface area (Å²) in [6.07, 6.45) is 0. The van der Waals surface area contributed by atoms with Gasteiger partial charge >= 0.3 is 0 Å². The maximum absolute atomic E-state index is 9.75.